The van der Waals surface area contributed by atoms with Crippen LogP contribution < -0.4 is 4.74 Å². The third-order valence-electron chi connectivity index (χ3n) is 5.85. The molecule has 1 N–H and O–H groups in total. The van der Waals surface area contributed by atoms with E-state index in [1.54, 1.807) is 0 Å². The van der Waals surface area contributed by atoms with Gasteiger partial charge in [0.2, 0.25) is 0 Å². The highest BCUT2D eigenvalue weighted by atomic mass is 16.5. The van der Waals surface area contributed by atoms with Gasteiger partial charge in [0, 0.05) is 11.6 Å². The molecule has 1 aromatic rings. The first-order valence-electron chi connectivity index (χ1n) is 9.98. The van der Waals surface area contributed by atoms with E-state index in [2.05, 4.69) is 71.9 Å². The predicted molar refractivity (Wildman–Crippen MR) is 115 cm³/mol. The zero-order valence-corrected chi connectivity index (χ0v) is 18.1. The van der Waals surface area contributed by atoms with Crippen LogP contribution in [0.5, 0.6) is 5.75 Å². The van der Waals surface area contributed by atoms with Crippen molar-refractivity contribution < 1.29 is 14.6 Å². The fourth-order valence-electron chi connectivity index (χ4n) is 4.06. The number of ether oxygens (including phenoxy) is 1. The Morgan fingerprint density at radius 3 is 2.54 bits per heavy atom. The van der Waals surface area contributed by atoms with Crippen LogP contribution >= 0.6 is 0 Å². The zero-order chi connectivity index (χ0) is 20.9. The number of rotatable bonds is 4. The van der Waals surface area contributed by atoms with Crippen LogP contribution in [0.25, 0.3) is 5.57 Å². The monoisotopic (exact) mass is 380 g/mol. The van der Waals surface area contributed by atoms with Crippen molar-refractivity contribution >= 4 is 11.5 Å². The molecular formula is C25H32O3. The van der Waals surface area contributed by atoms with Crippen molar-refractivity contribution in [3.8, 4) is 5.75 Å². The number of hydrogen-bond donors (Lipinski definition) is 1. The van der Waals surface area contributed by atoms with Crippen LogP contribution in [-0.2, 0) is 10.2 Å². The molecule has 0 spiro atoms. The summed E-state index contributed by atoms with van der Waals surface area (Å²) >= 11 is 0. The highest BCUT2D eigenvalue weighted by molar-refractivity contribution is 5.81. The molecule has 0 amide bonds. The fraction of sp³-hybridized carbons (Fsp3) is 0.480. The van der Waals surface area contributed by atoms with Gasteiger partial charge in [0.05, 0.1) is 0 Å². The summed E-state index contributed by atoms with van der Waals surface area (Å²) in [5.74, 6) is 0.475. The number of fused-ring (bicyclic) bond motifs is 1. The topological polar surface area (TPSA) is 46.5 Å². The number of carboxylic acid groups (broad SMARTS) is 1. The minimum atomic E-state index is -0.905. The van der Waals surface area contributed by atoms with Gasteiger partial charge in [-0.05, 0) is 72.8 Å². The van der Waals surface area contributed by atoms with Crippen molar-refractivity contribution in [3.63, 3.8) is 0 Å². The largest absolute Gasteiger partial charge is 0.483 e. The summed E-state index contributed by atoms with van der Waals surface area (Å²) in [6.45, 7) is 15.0. The summed E-state index contributed by atoms with van der Waals surface area (Å²) in [7, 11) is 0. The summed E-state index contributed by atoms with van der Waals surface area (Å²) in [6.07, 6.45) is 8.61. The van der Waals surface area contributed by atoms with E-state index < -0.39 is 5.97 Å². The Bertz CT molecular complexity index is 893. The van der Waals surface area contributed by atoms with Gasteiger partial charge >= 0.3 is 5.97 Å². The third kappa shape index (κ3) is 4.09. The number of hydrogen-bond acceptors (Lipinski definition) is 2. The van der Waals surface area contributed by atoms with Gasteiger partial charge in [-0.15, -0.1) is 0 Å². The molecule has 1 aliphatic carbocycles. The molecule has 2 aliphatic rings. The molecule has 3 heteroatoms. The number of carbonyl (C=O) groups is 1. The molecule has 3 nitrogen and oxygen atoms in total. The van der Waals surface area contributed by atoms with E-state index in [4.69, 9.17) is 9.84 Å². The van der Waals surface area contributed by atoms with Crippen LogP contribution in [0.1, 0.15) is 66.0 Å². The second-order valence-corrected chi connectivity index (χ2v) is 10.0. The average molecular weight is 381 g/mol. The van der Waals surface area contributed by atoms with Crippen molar-refractivity contribution in [2.45, 2.75) is 65.9 Å². The molecule has 3 rings (SSSR count). The van der Waals surface area contributed by atoms with E-state index in [0.717, 1.165) is 17.7 Å². The van der Waals surface area contributed by atoms with Gasteiger partial charge in [0.1, 0.15) is 11.4 Å². The molecule has 28 heavy (non-hydrogen) atoms. The molecule has 2 atom stereocenters. The Labute approximate surface area is 168 Å². The van der Waals surface area contributed by atoms with E-state index in [-0.39, 0.29) is 16.4 Å². The van der Waals surface area contributed by atoms with Gasteiger partial charge in [0.25, 0.3) is 0 Å². The zero-order valence-electron chi connectivity index (χ0n) is 18.1. The van der Waals surface area contributed by atoms with E-state index >= 15 is 0 Å². The predicted octanol–water partition coefficient (Wildman–Crippen LogP) is 6.15. The first-order chi connectivity index (χ1) is 12.8. The maximum atomic E-state index is 10.8. The van der Waals surface area contributed by atoms with Crippen LogP contribution in [0.3, 0.4) is 0 Å². The fourth-order valence-corrected chi connectivity index (χ4v) is 4.06. The molecule has 1 fully saturated rings. The van der Waals surface area contributed by atoms with Crippen molar-refractivity contribution in [2.75, 3.05) is 0 Å². The summed E-state index contributed by atoms with van der Waals surface area (Å²) in [6, 6.07) is 6.65. The smallest absolute Gasteiger partial charge is 0.328 e. The highest BCUT2D eigenvalue weighted by Gasteiger charge is 2.50. The van der Waals surface area contributed by atoms with Crippen molar-refractivity contribution in [3.05, 3.63) is 59.2 Å². The van der Waals surface area contributed by atoms with Gasteiger partial charge in [-0.3, -0.25) is 0 Å². The summed E-state index contributed by atoms with van der Waals surface area (Å²) in [5, 5.41) is 8.85. The van der Waals surface area contributed by atoms with Crippen molar-refractivity contribution in [2.24, 2.45) is 11.3 Å². The lowest BCUT2D eigenvalue weighted by Crippen LogP contribution is -2.31. The Morgan fingerprint density at radius 2 is 1.93 bits per heavy atom. The summed E-state index contributed by atoms with van der Waals surface area (Å²) < 4.78 is 6.32. The van der Waals surface area contributed by atoms with E-state index in [0.29, 0.717) is 5.92 Å². The summed E-state index contributed by atoms with van der Waals surface area (Å²) in [5.41, 5.74) is 4.37. The van der Waals surface area contributed by atoms with Gasteiger partial charge in [-0.25, -0.2) is 4.79 Å². The Kier molecular flexibility index (Phi) is 4.85. The normalized spacial score (nSPS) is 26.5. The van der Waals surface area contributed by atoms with E-state index in [1.165, 1.54) is 22.8 Å². The van der Waals surface area contributed by atoms with Crippen LogP contribution in [0.4, 0.5) is 0 Å². The molecule has 0 saturated heterocycles. The molecule has 1 heterocycles. The van der Waals surface area contributed by atoms with Crippen LogP contribution in [0.15, 0.2) is 48.1 Å². The van der Waals surface area contributed by atoms with Gasteiger partial charge in [-0.1, -0.05) is 52.0 Å². The van der Waals surface area contributed by atoms with Crippen molar-refractivity contribution in [1.29, 1.82) is 0 Å². The van der Waals surface area contributed by atoms with Crippen LogP contribution in [0, 0.1) is 11.3 Å². The van der Waals surface area contributed by atoms with Gasteiger partial charge < -0.3 is 9.84 Å². The second kappa shape index (κ2) is 6.65. The minimum Gasteiger partial charge on any atom is -0.483 e. The average Bonchev–Trinajstić information content (AvgIpc) is 3.21. The second-order valence-electron chi connectivity index (χ2n) is 10.0. The van der Waals surface area contributed by atoms with Crippen molar-refractivity contribution in [1.82, 2.24) is 0 Å². The molecule has 0 bridgehead atoms. The van der Waals surface area contributed by atoms with Crippen LogP contribution in [0.2, 0.25) is 0 Å². The van der Waals surface area contributed by atoms with Gasteiger partial charge in [0.15, 0.2) is 0 Å². The molecule has 1 aromatic carbocycles. The molecule has 0 radical (unpaired) electrons. The maximum Gasteiger partial charge on any atom is 0.328 e. The number of aliphatic carboxylic acids is 1. The summed E-state index contributed by atoms with van der Waals surface area (Å²) in [4.78, 5) is 10.8. The standard InChI is InChI=1S/C25H32O3/c1-16(12-22(26)27)8-9-18-14-25(18,7)17-10-11-19-20(23(2,3)4)15-24(5,6)28-21(19)13-17/h8-13,15,18H,14H2,1-7H3,(H,26,27)/b9-8+,16-12+/t18-,25-/m1/s1. The minimum absolute atomic E-state index is 0.0556. The lowest BCUT2D eigenvalue weighted by molar-refractivity contribution is -0.131. The number of allylic oxidation sites excluding steroid dienone is 4. The number of carboxylic acids is 1. The molecule has 0 aromatic heterocycles. The van der Waals surface area contributed by atoms with E-state index in [9.17, 15) is 4.79 Å². The molecule has 1 aliphatic heterocycles. The van der Waals surface area contributed by atoms with E-state index in [1.807, 2.05) is 13.0 Å². The molecule has 1 saturated carbocycles. The quantitative estimate of drug-likeness (QED) is 0.503. The Morgan fingerprint density at radius 1 is 1.25 bits per heavy atom. The Hall–Kier alpha value is -2.29. The van der Waals surface area contributed by atoms with Crippen LogP contribution in [-0.4, -0.2) is 16.7 Å². The van der Waals surface area contributed by atoms with Gasteiger partial charge in [-0.2, -0.15) is 0 Å². The lowest BCUT2D eigenvalue weighted by atomic mass is 9.77. The number of benzene rings is 1. The molecular weight excluding hydrogens is 348 g/mol. The molecule has 150 valence electrons. The lowest BCUT2D eigenvalue weighted by Gasteiger charge is -2.36. The highest BCUT2D eigenvalue weighted by Crippen LogP contribution is 2.56. The first kappa shape index (κ1) is 20.4. The third-order valence-corrected chi connectivity index (χ3v) is 5.85. The molecule has 0 unspecified atom stereocenters. The first-order valence-corrected chi connectivity index (χ1v) is 9.98. The Balaban J connectivity index is 1.88. The maximum absolute atomic E-state index is 10.8. The SMILES string of the molecule is CC(/C=C/[C@@H]1C[C@]1(C)c1ccc2c(c1)OC(C)(C)C=C2C(C)(C)C)=C\C(=O)O.